The maximum absolute atomic E-state index is 11.5. The summed E-state index contributed by atoms with van der Waals surface area (Å²) in [4.78, 5) is 11.5. The van der Waals surface area contributed by atoms with Gasteiger partial charge in [-0.1, -0.05) is 6.07 Å². The van der Waals surface area contributed by atoms with E-state index < -0.39 is 0 Å². The lowest BCUT2D eigenvalue weighted by Gasteiger charge is -2.23. The minimum Gasteiger partial charge on any atom is -0.504 e. The first-order valence-corrected chi connectivity index (χ1v) is 6.06. The van der Waals surface area contributed by atoms with Crippen molar-refractivity contribution in [2.45, 2.75) is 0 Å². The second kappa shape index (κ2) is 6.24. The van der Waals surface area contributed by atoms with Gasteiger partial charge in [-0.25, -0.2) is 0 Å². The zero-order chi connectivity index (χ0) is 14.5. The molecule has 1 aromatic rings. The van der Waals surface area contributed by atoms with Crippen LogP contribution in [0.5, 0.6) is 11.5 Å². The standard InChI is InChI=1S/C14H20N2O3/c1-16(2,3)9-8-15-14(19)7-5-11-4-6-12(17)13(18)10-11/h4-7,10H,8-9H2,1-3H3,(H2-,15,17,18,19)/p+1. The van der Waals surface area contributed by atoms with E-state index in [1.165, 1.54) is 18.2 Å². The lowest BCUT2D eigenvalue weighted by atomic mass is 10.2. The van der Waals surface area contributed by atoms with E-state index in [1.54, 1.807) is 12.1 Å². The summed E-state index contributed by atoms with van der Waals surface area (Å²) < 4.78 is 0.788. The number of aromatic hydroxyl groups is 2. The molecule has 3 N–H and O–H groups in total. The van der Waals surface area contributed by atoms with Gasteiger partial charge in [0, 0.05) is 6.08 Å². The largest absolute Gasteiger partial charge is 0.504 e. The highest BCUT2D eigenvalue weighted by Crippen LogP contribution is 2.25. The molecule has 19 heavy (non-hydrogen) atoms. The van der Waals surface area contributed by atoms with Crippen LogP contribution in [0.25, 0.3) is 6.08 Å². The molecule has 5 heteroatoms. The van der Waals surface area contributed by atoms with E-state index in [2.05, 4.69) is 26.5 Å². The Morgan fingerprint density at radius 2 is 1.95 bits per heavy atom. The van der Waals surface area contributed by atoms with Crippen molar-refractivity contribution in [2.75, 3.05) is 34.2 Å². The zero-order valence-corrected chi connectivity index (χ0v) is 11.6. The number of phenols is 2. The summed E-state index contributed by atoms with van der Waals surface area (Å²) in [5.74, 6) is -0.557. The summed E-state index contributed by atoms with van der Waals surface area (Å²) in [5.41, 5.74) is 0.650. The Bertz CT molecular complexity index is 476. The van der Waals surface area contributed by atoms with Gasteiger partial charge in [0.05, 0.1) is 34.2 Å². The van der Waals surface area contributed by atoms with Gasteiger partial charge in [-0.05, 0) is 23.8 Å². The number of rotatable bonds is 5. The van der Waals surface area contributed by atoms with Crippen LogP contribution in [0.1, 0.15) is 5.56 Å². The predicted octanol–water partition coefficient (Wildman–Crippen LogP) is 0.933. The Hall–Kier alpha value is -2.01. The SMILES string of the molecule is C[N+](C)(C)CCNC(=O)/C=C/c1ccc(O)c(O)c1. The summed E-state index contributed by atoms with van der Waals surface area (Å²) in [6, 6.07) is 4.39. The molecule has 1 rings (SSSR count). The summed E-state index contributed by atoms with van der Waals surface area (Å²) in [6.45, 7) is 1.45. The van der Waals surface area contributed by atoms with Crippen molar-refractivity contribution in [3.05, 3.63) is 29.8 Å². The number of benzene rings is 1. The molecule has 0 aliphatic carbocycles. The zero-order valence-electron chi connectivity index (χ0n) is 11.6. The maximum atomic E-state index is 11.5. The van der Waals surface area contributed by atoms with Crippen LogP contribution in [0, 0.1) is 0 Å². The molecule has 0 saturated carbocycles. The molecule has 0 aromatic heterocycles. The second-order valence-electron chi connectivity index (χ2n) is 5.39. The van der Waals surface area contributed by atoms with Crippen LogP contribution >= 0.6 is 0 Å². The van der Waals surface area contributed by atoms with Crippen molar-refractivity contribution in [2.24, 2.45) is 0 Å². The number of carbonyl (C=O) groups is 1. The van der Waals surface area contributed by atoms with Gasteiger partial charge < -0.3 is 20.0 Å². The van der Waals surface area contributed by atoms with E-state index in [0.29, 0.717) is 12.1 Å². The Balaban J connectivity index is 2.47. The number of hydrogen-bond acceptors (Lipinski definition) is 3. The molecular weight excluding hydrogens is 244 g/mol. The number of quaternary nitrogens is 1. The minimum absolute atomic E-state index is 0.176. The number of nitrogens with zero attached hydrogens (tertiary/aromatic N) is 1. The number of carbonyl (C=O) groups excluding carboxylic acids is 1. The molecule has 0 fully saturated rings. The average molecular weight is 265 g/mol. The molecular formula is C14H21N2O3+. The van der Waals surface area contributed by atoms with Gasteiger partial charge in [0.2, 0.25) is 5.91 Å². The second-order valence-corrected chi connectivity index (χ2v) is 5.39. The quantitative estimate of drug-likeness (QED) is 0.421. The number of nitrogens with one attached hydrogen (secondary N) is 1. The van der Waals surface area contributed by atoms with E-state index in [4.69, 9.17) is 5.11 Å². The fourth-order valence-corrected chi connectivity index (χ4v) is 1.39. The molecule has 104 valence electrons. The normalized spacial score (nSPS) is 11.7. The third-order valence-corrected chi connectivity index (χ3v) is 2.51. The third kappa shape index (κ3) is 5.92. The van der Waals surface area contributed by atoms with Crippen molar-refractivity contribution in [3.63, 3.8) is 0 Å². The molecule has 5 nitrogen and oxygen atoms in total. The molecule has 0 atom stereocenters. The minimum atomic E-state index is -0.201. The topological polar surface area (TPSA) is 69.6 Å². The first-order chi connectivity index (χ1) is 8.78. The van der Waals surface area contributed by atoms with Crippen LogP contribution in [0.2, 0.25) is 0 Å². The van der Waals surface area contributed by atoms with Gasteiger partial charge in [0.15, 0.2) is 11.5 Å². The van der Waals surface area contributed by atoms with E-state index in [0.717, 1.165) is 11.0 Å². The van der Waals surface area contributed by atoms with Crippen LogP contribution in [0.15, 0.2) is 24.3 Å². The predicted molar refractivity (Wildman–Crippen MR) is 74.7 cm³/mol. The molecule has 0 unspecified atom stereocenters. The molecule has 0 radical (unpaired) electrons. The van der Waals surface area contributed by atoms with E-state index >= 15 is 0 Å². The van der Waals surface area contributed by atoms with Gasteiger partial charge in [0.25, 0.3) is 0 Å². The van der Waals surface area contributed by atoms with Gasteiger partial charge in [-0.3, -0.25) is 4.79 Å². The Morgan fingerprint density at radius 3 is 2.53 bits per heavy atom. The Kier molecular flexibility index (Phi) is 4.94. The van der Waals surface area contributed by atoms with Crippen molar-refractivity contribution < 1.29 is 19.5 Å². The first-order valence-electron chi connectivity index (χ1n) is 6.06. The Morgan fingerprint density at radius 1 is 1.26 bits per heavy atom. The van der Waals surface area contributed by atoms with Gasteiger partial charge in [-0.15, -0.1) is 0 Å². The summed E-state index contributed by atoms with van der Waals surface area (Å²) >= 11 is 0. The van der Waals surface area contributed by atoms with E-state index in [-0.39, 0.29) is 17.4 Å². The van der Waals surface area contributed by atoms with Crippen LogP contribution in [-0.4, -0.2) is 54.8 Å². The van der Waals surface area contributed by atoms with Crippen LogP contribution in [0.3, 0.4) is 0 Å². The Labute approximate surface area is 113 Å². The maximum Gasteiger partial charge on any atom is 0.244 e. The highest BCUT2D eigenvalue weighted by molar-refractivity contribution is 5.91. The van der Waals surface area contributed by atoms with Crippen molar-refractivity contribution >= 4 is 12.0 Å². The van der Waals surface area contributed by atoms with E-state index in [9.17, 15) is 9.90 Å². The molecule has 0 saturated heterocycles. The van der Waals surface area contributed by atoms with Crippen LogP contribution in [0.4, 0.5) is 0 Å². The smallest absolute Gasteiger partial charge is 0.244 e. The van der Waals surface area contributed by atoms with Crippen molar-refractivity contribution in [3.8, 4) is 11.5 Å². The molecule has 1 aromatic carbocycles. The van der Waals surface area contributed by atoms with Gasteiger partial charge >= 0.3 is 0 Å². The molecule has 0 spiro atoms. The number of phenolic OH excluding ortho intramolecular Hbond substituents is 2. The molecule has 0 heterocycles. The lowest BCUT2D eigenvalue weighted by Crippen LogP contribution is -2.41. The fourth-order valence-electron chi connectivity index (χ4n) is 1.39. The fraction of sp³-hybridized carbons (Fsp3) is 0.357. The monoisotopic (exact) mass is 265 g/mol. The van der Waals surface area contributed by atoms with Crippen LogP contribution in [-0.2, 0) is 4.79 Å². The highest BCUT2D eigenvalue weighted by atomic mass is 16.3. The average Bonchev–Trinajstić information content (AvgIpc) is 2.29. The summed E-state index contributed by atoms with van der Waals surface area (Å²) in [5, 5.41) is 21.3. The van der Waals surface area contributed by atoms with Gasteiger partial charge in [-0.2, -0.15) is 0 Å². The molecule has 1 amide bonds. The van der Waals surface area contributed by atoms with Crippen molar-refractivity contribution in [1.29, 1.82) is 0 Å². The number of amides is 1. The van der Waals surface area contributed by atoms with Crippen molar-refractivity contribution in [1.82, 2.24) is 5.32 Å². The van der Waals surface area contributed by atoms with Gasteiger partial charge in [0.1, 0.15) is 0 Å². The molecule has 0 bridgehead atoms. The molecule has 0 aliphatic heterocycles. The third-order valence-electron chi connectivity index (χ3n) is 2.51. The summed E-state index contributed by atoms with van der Waals surface area (Å²) in [7, 11) is 6.17. The highest BCUT2D eigenvalue weighted by Gasteiger charge is 2.06. The van der Waals surface area contributed by atoms with E-state index in [1.807, 2.05) is 0 Å². The van der Waals surface area contributed by atoms with Crippen LogP contribution < -0.4 is 5.32 Å². The number of hydrogen-bond donors (Lipinski definition) is 3. The summed E-state index contributed by atoms with van der Waals surface area (Å²) in [6.07, 6.45) is 2.99. The number of likely N-dealkylation sites (N-methyl/N-ethyl adjacent to an activating group) is 1. The lowest BCUT2D eigenvalue weighted by molar-refractivity contribution is -0.869. The first kappa shape index (κ1) is 15.0. The molecule has 0 aliphatic rings.